The summed E-state index contributed by atoms with van der Waals surface area (Å²) in [5.74, 6) is 2.22. The molecule has 0 radical (unpaired) electrons. The van der Waals surface area contributed by atoms with Crippen LogP contribution in [-0.4, -0.2) is 9.97 Å². The van der Waals surface area contributed by atoms with Crippen LogP contribution in [-0.2, 0) is 0 Å². The van der Waals surface area contributed by atoms with Gasteiger partial charge < -0.3 is 4.74 Å². The van der Waals surface area contributed by atoms with Crippen molar-refractivity contribution in [3.8, 4) is 11.5 Å². The van der Waals surface area contributed by atoms with Gasteiger partial charge in [0.1, 0.15) is 0 Å². The van der Waals surface area contributed by atoms with Gasteiger partial charge in [0, 0.05) is 17.0 Å². The molecule has 2 heterocycles. The molecule has 28 heavy (non-hydrogen) atoms. The first-order chi connectivity index (χ1) is 13.9. The van der Waals surface area contributed by atoms with Gasteiger partial charge in [-0.25, -0.2) is 9.97 Å². The van der Waals surface area contributed by atoms with Crippen LogP contribution in [0.25, 0.3) is 21.7 Å². The Balaban J connectivity index is 1.64. The van der Waals surface area contributed by atoms with Gasteiger partial charge in [0.15, 0.2) is 11.5 Å². The molecule has 1 aliphatic heterocycles. The maximum Gasteiger partial charge on any atom is 0.235 e. The molecule has 1 aromatic heterocycles. The van der Waals surface area contributed by atoms with Crippen LogP contribution in [0.4, 0.5) is 17.3 Å². The number of benzene rings is 4. The topological polar surface area (TPSA) is 38.2 Å². The third-order valence-corrected chi connectivity index (χ3v) is 5.09. The molecule has 1 aliphatic rings. The minimum atomic E-state index is 0.632. The van der Waals surface area contributed by atoms with Crippen LogP contribution < -0.4 is 9.64 Å². The van der Waals surface area contributed by atoms with Gasteiger partial charge in [0.25, 0.3) is 0 Å². The van der Waals surface area contributed by atoms with Gasteiger partial charge in [-0.05, 0) is 29.7 Å². The summed E-state index contributed by atoms with van der Waals surface area (Å²) in [7, 11) is 0. The van der Waals surface area contributed by atoms with Crippen molar-refractivity contribution in [3.63, 3.8) is 0 Å². The molecule has 4 nitrogen and oxygen atoms in total. The van der Waals surface area contributed by atoms with Gasteiger partial charge in [-0.3, -0.25) is 4.90 Å². The van der Waals surface area contributed by atoms with E-state index in [0.717, 1.165) is 39.2 Å². The summed E-state index contributed by atoms with van der Waals surface area (Å²) >= 11 is 0. The molecule has 0 spiro atoms. The Labute approximate surface area is 161 Å². The lowest BCUT2D eigenvalue weighted by Crippen LogP contribution is -2.18. The van der Waals surface area contributed by atoms with Gasteiger partial charge in [-0.15, -0.1) is 0 Å². The average Bonchev–Trinajstić information content (AvgIpc) is 2.77. The normalized spacial score (nSPS) is 12.5. The molecule has 4 aromatic carbocycles. The number of ether oxygens (including phenoxy) is 1. The van der Waals surface area contributed by atoms with Gasteiger partial charge in [-0.1, -0.05) is 60.7 Å². The molecule has 0 atom stereocenters. The zero-order valence-electron chi connectivity index (χ0n) is 14.9. The van der Waals surface area contributed by atoms with Crippen molar-refractivity contribution in [2.75, 3.05) is 4.90 Å². The number of rotatable bonds is 1. The minimum Gasteiger partial charge on any atom is -0.453 e. The molecule has 0 N–H and O–H groups in total. The first-order valence-corrected chi connectivity index (χ1v) is 9.19. The predicted octanol–water partition coefficient (Wildman–Crippen LogP) is 6.36. The first kappa shape index (κ1) is 15.2. The smallest absolute Gasteiger partial charge is 0.235 e. The zero-order chi connectivity index (χ0) is 18.5. The van der Waals surface area contributed by atoms with Gasteiger partial charge in [0.2, 0.25) is 5.95 Å². The van der Waals surface area contributed by atoms with Crippen molar-refractivity contribution in [1.29, 1.82) is 0 Å². The summed E-state index contributed by atoms with van der Waals surface area (Å²) < 4.78 is 6.09. The van der Waals surface area contributed by atoms with Crippen LogP contribution in [0.3, 0.4) is 0 Å². The van der Waals surface area contributed by atoms with E-state index in [2.05, 4.69) is 29.2 Å². The van der Waals surface area contributed by atoms with Gasteiger partial charge >= 0.3 is 0 Å². The van der Waals surface area contributed by atoms with E-state index < -0.39 is 0 Å². The van der Waals surface area contributed by atoms with E-state index in [-0.39, 0.29) is 0 Å². The molecule has 0 amide bonds. The molecule has 5 aromatic rings. The second kappa shape index (κ2) is 5.79. The zero-order valence-corrected chi connectivity index (χ0v) is 14.9. The van der Waals surface area contributed by atoms with Gasteiger partial charge in [-0.2, -0.15) is 0 Å². The molecule has 0 saturated heterocycles. The maximum absolute atomic E-state index is 6.09. The summed E-state index contributed by atoms with van der Waals surface area (Å²) in [4.78, 5) is 11.7. The van der Waals surface area contributed by atoms with Crippen molar-refractivity contribution in [2.45, 2.75) is 0 Å². The fourth-order valence-corrected chi connectivity index (χ4v) is 3.78. The fraction of sp³-hybridized carbons (Fsp3) is 0. The fourth-order valence-electron chi connectivity index (χ4n) is 3.78. The molecule has 132 valence electrons. The summed E-state index contributed by atoms with van der Waals surface area (Å²) in [6.07, 6.45) is 1.89. The third-order valence-electron chi connectivity index (χ3n) is 5.09. The van der Waals surface area contributed by atoms with Crippen LogP contribution in [0, 0.1) is 0 Å². The number of nitrogens with zero attached hydrogens (tertiary/aromatic N) is 3. The Morgan fingerprint density at radius 3 is 2.07 bits per heavy atom. The quantitative estimate of drug-likeness (QED) is 0.319. The van der Waals surface area contributed by atoms with Crippen LogP contribution in [0.2, 0.25) is 0 Å². The Morgan fingerprint density at radius 2 is 1.29 bits per heavy atom. The Hall–Kier alpha value is -3.92. The first-order valence-electron chi connectivity index (χ1n) is 9.19. The lowest BCUT2D eigenvalue weighted by molar-refractivity contribution is 0.476. The lowest BCUT2D eigenvalue weighted by atomic mass is 10.1. The number of aromatic nitrogens is 2. The van der Waals surface area contributed by atoms with E-state index in [4.69, 9.17) is 14.7 Å². The Kier molecular flexibility index (Phi) is 3.14. The number of fused-ring (bicyclic) bond motifs is 5. The van der Waals surface area contributed by atoms with E-state index in [0.29, 0.717) is 5.95 Å². The number of hydrogen-bond acceptors (Lipinski definition) is 4. The highest BCUT2D eigenvalue weighted by atomic mass is 16.5. The summed E-state index contributed by atoms with van der Waals surface area (Å²) in [6.45, 7) is 0. The molecule has 0 saturated carbocycles. The SMILES string of the molecule is c1ccc2c(c1)Oc1ccccc1N2c1ncc2ccc3ccccc3c2n1. The second-order valence-electron chi connectivity index (χ2n) is 6.77. The highest BCUT2D eigenvalue weighted by Gasteiger charge is 2.27. The standard InChI is InChI=1S/C24H15N3O/c1-2-8-18-16(7-1)13-14-17-15-25-24(26-23(17)18)27-19-9-3-5-11-21(19)28-22-12-6-4-10-20(22)27/h1-15H. The highest BCUT2D eigenvalue weighted by Crippen LogP contribution is 2.49. The van der Waals surface area contributed by atoms with Crippen LogP contribution in [0.1, 0.15) is 0 Å². The number of para-hydroxylation sites is 4. The molecule has 0 fully saturated rings. The largest absolute Gasteiger partial charge is 0.453 e. The van der Waals surface area contributed by atoms with Crippen LogP contribution in [0.15, 0.2) is 91.1 Å². The van der Waals surface area contributed by atoms with E-state index in [1.807, 2.05) is 66.9 Å². The molecule has 0 aliphatic carbocycles. The molecular weight excluding hydrogens is 346 g/mol. The molecule has 4 heteroatoms. The predicted molar refractivity (Wildman–Crippen MR) is 112 cm³/mol. The summed E-state index contributed by atoms with van der Waals surface area (Å²) in [5, 5.41) is 3.32. The monoisotopic (exact) mass is 361 g/mol. The van der Waals surface area contributed by atoms with E-state index in [9.17, 15) is 0 Å². The molecule has 6 rings (SSSR count). The van der Waals surface area contributed by atoms with E-state index in [1.165, 1.54) is 5.39 Å². The third kappa shape index (κ3) is 2.18. The molecular formula is C24H15N3O. The Morgan fingerprint density at radius 1 is 0.643 bits per heavy atom. The van der Waals surface area contributed by atoms with Crippen molar-refractivity contribution < 1.29 is 4.74 Å². The van der Waals surface area contributed by atoms with E-state index >= 15 is 0 Å². The van der Waals surface area contributed by atoms with Gasteiger partial charge in [0.05, 0.1) is 16.9 Å². The van der Waals surface area contributed by atoms with Crippen molar-refractivity contribution in [3.05, 3.63) is 91.1 Å². The van der Waals surface area contributed by atoms with Crippen LogP contribution in [0.5, 0.6) is 11.5 Å². The summed E-state index contributed by atoms with van der Waals surface area (Å²) in [6, 6.07) is 28.4. The van der Waals surface area contributed by atoms with Crippen molar-refractivity contribution in [1.82, 2.24) is 9.97 Å². The van der Waals surface area contributed by atoms with Crippen molar-refractivity contribution in [2.24, 2.45) is 0 Å². The maximum atomic E-state index is 6.09. The van der Waals surface area contributed by atoms with Crippen molar-refractivity contribution >= 4 is 39.0 Å². The summed E-state index contributed by atoms with van der Waals surface area (Å²) in [5.41, 5.74) is 2.81. The lowest BCUT2D eigenvalue weighted by Gasteiger charge is -2.31. The number of anilines is 3. The Bertz CT molecular complexity index is 1320. The average molecular weight is 361 g/mol. The van der Waals surface area contributed by atoms with E-state index in [1.54, 1.807) is 0 Å². The molecule has 0 bridgehead atoms. The van der Waals surface area contributed by atoms with Crippen LogP contribution >= 0.6 is 0 Å². The second-order valence-corrected chi connectivity index (χ2v) is 6.77. The highest BCUT2D eigenvalue weighted by molar-refractivity contribution is 6.05. The molecule has 0 unspecified atom stereocenters. The minimum absolute atomic E-state index is 0.632. The number of hydrogen-bond donors (Lipinski definition) is 0.